The van der Waals surface area contributed by atoms with Gasteiger partial charge in [0.2, 0.25) is 0 Å². The van der Waals surface area contributed by atoms with Crippen LogP contribution in [-0.2, 0) is 9.53 Å². The molecule has 0 radical (unpaired) electrons. The van der Waals surface area contributed by atoms with Gasteiger partial charge in [0.25, 0.3) is 0 Å². The lowest BCUT2D eigenvalue weighted by Gasteiger charge is -2.38. The molecule has 6 rings (SSSR count). The molecule has 0 saturated carbocycles. The molecule has 0 aromatic heterocycles. The minimum absolute atomic E-state index is 0.00876. The van der Waals surface area contributed by atoms with E-state index in [9.17, 15) is 4.79 Å². The van der Waals surface area contributed by atoms with Crippen LogP contribution in [0.25, 0.3) is 0 Å². The van der Waals surface area contributed by atoms with Gasteiger partial charge in [-0.25, -0.2) is 0 Å². The van der Waals surface area contributed by atoms with Crippen molar-refractivity contribution in [2.75, 3.05) is 0 Å². The maximum Gasteiger partial charge on any atom is 0.346 e. The van der Waals surface area contributed by atoms with E-state index in [1.165, 1.54) is 121 Å². The molecular formula is C37H66N6O2+2. The molecule has 0 spiro atoms. The molecule has 6 aliphatic rings. The average Bonchev–Trinajstić information content (AvgIpc) is 3.61. The van der Waals surface area contributed by atoms with Crippen molar-refractivity contribution in [3.8, 4) is 0 Å². The fourth-order valence-electron chi connectivity index (χ4n) is 9.94. The van der Waals surface area contributed by atoms with Crippen LogP contribution in [0.15, 0.2) is 0 Å². The number of hydrogen-bond acceptors (Lipinski definition) is 6. The molecule has 6 aliphatic heterocycles. The number of ether oxygens (including phenoxy) is 1. The molecule has 254 valence electrons. The van der Waals surface area contributed by atoms with Crippen molar-refractivity contribution in [1.82, 2.24) is 21.3 Å². The van der Waals surface area contributed by atoms with Crippen molar-refractivity contribution in [1.29, 1.82) is 0 Å². The molecule has 0 aromatic carbocycles. The summed E-state index contributed by atoms with van der Waals surface area (Å²) in [6.45, 7) is 8.89. The van der Waals surface area contributed by atoms with Crippen molar-refractivity contribution in [2.45, 2.75) is 211 Å². The van der Waals surface area contributed by atoms with Gasteiger partial charge in [-0.2, -0.15) is 0 Å². The Bertz CT molecular complexity index is 1080. The summed E-state index contributed by atoms with van der Waals surface area (Å²) < 4.78 is 11.3. The lowest BCUT2D eigenvalue weighted by molar-refractivity contribution is -0.598. The van der Waals surface area contributed by atoms with E-state index in [1.807, 2.05) is 0 Å². The van der Waals surface area contributed by atoms with Crippen LogP contribution in [0.4, 0.5) is 0 Å². The van der Waals surface area contributed by atoms with Gasteiger partial charge in [0, 0.05) is 19.3 Å². The van der Waals surface area contributed by atoms with Gasteiger partial charge in [-0.15, -0.1) is 0 Å². The molecule has 0 bridgehead atoms. The van der Waals surface area contributed by atoms with Gasteiger partial charge in [0.1, 0.15) is 5.92 Å². The number of nitrogens with one attached hydrogen (secondary N) is 4. The lowest BCUT2D eigenvalue weighted by Crippen LogP contribution is -2.66. The van der Waals surface area contributed by atoms with Crippen LogP contribution in [0.2, 0.25) is 0 Å². The smallest absolute Gasteiger partial charge is 0.346 e. The van der Waals surface area contributed by atoms with Crippen LogP contribution in [0.3, 0.4) is 0 Å². The second kappa shape index (κ2) is 15.3. The Morgan fingerprint density at radius 3 is 2.02 bits per heavy atom. The van der Waals surface area contributed by atoms with Gasteiger partial charge in [-0.1, -0.05) is 64.7 Å². The predicted octanol–water partition coefficient (Wildman–Crippen LogP) is 5.52. The Morgan fingerprint density at radius 1 is 0.733 bits per heavy atom. The lowest BCUT2D eigenvalue weighted by atomic mass is 9.89. The highest BCUT2D eigenvalue weighted by molar-refractivity contribution is 5.81. The first-order chi connectivity index (χ1) is 21.9. The number of nitrogens with zero attached hydrogens (tertiary/aromatic N) is 2. The maximum atomic E-state index is 13.6. The monoisotopic (exact) mass is 627 g/mol. The SMILES string of the molecule is CCCCCCCCC[C@@H]1C[C@@H]2CC[C@H]3[C@H](C(=O)O[C@H](C)CCCCC[C@@H]4C[C@@H]5CC[C@@H]6C[C@H](C)NC(=[N+]65)N4)[C@H](C)NC(=[N+]23)N1. The summed E-state index contributed by atoms with van der Waals surface area (Å²) in [5.41, 5.74) is 0. The molecule has 2 saturated heterocycles. The third kappa shape index (κ3) is 7.77. The first-order valence-electron chi connectivity index (χ1n) is 19.5. The summed E-state index contributed by atoms with van der Waals surface area (Å²) in [6, 6.07) is 4.12. The summed E-state index contributed by atoms with van der Waals surface area (Å²) in [7, 11) is 0. The van der Waals surface area contributed by atoms with E-state index in [2.05, 4.69) is 58.1 Å². The normalized spacial score (nSPS) is 35.5. The van der Waals surface area contributed by atoms with E-state index in [0.29, 0.717) is 24.2 Å². The molecule has 8 nitrogen and oxygen atoms in total. The summed E-state index contributed by atoms with van der Waals surface area (Å²) in [5.74, 6) is 2.41. The van der Waals surface area contributed by atoms with Crippen LogP contribution in [-0.4, -0.2) is 81.5 Å². The zero-order valence-electron chi connectivity index (χ0n) is 29.1. The topological polar surface area (TPSA) is 80.4 Å². The van der Waals surface area contributed by atoms with Crippen molar-refractivity contribution in [3.05, 3.63) is 0 Å². The maximum absolute atomic E-state index is 13.6. The van der Waals surface area contributed by atoms with Crippen LogP contribution in [0.1, 0.15) is 156 Å². The third-order valence-electron chi connectivity index (χ3n) is 12.2. The number of hydrogen-bond donors (Lipinski definition) is 4. The summed E-state index contributed by atoms with van der Waals surface area (Å²) in [4.78, 5) is 13.6. The van der Waals surface area contributed by atoms with Crippen LogP contribution in [0, 0.1) is 5.92 Å². The predicted molar refractivity (Wildman–Crippen MR) is 182 cm³/mol. The molecule has 6 heterocycles. The standard InChI is InChI=1S/C37H64N6O2/c1-5-6-7-8-9-10-13-16-29-24-32-20-21-33-34(27(4)39-37(41-29)43(32)33)35(44)45-26(3)15-12-11-14-17-28-23-31-19-18-30-22-25(2)38-36(40-28)42(30)31/h25-34H,5-24H2,1-4H3,(H2,38,39,40,41)/p+2/t25-,26+,27-,28+,29+,30+,31-,32-,33-,34+/m0/s1. The van der Waals surface area contributed by atoms with E-state index in [1.54, 1.807) is 0 Å². The van der Waals surface area contributed by atoms with E-state index >= 15 is 0 Å². The Labute approximate surface area is 274 Å². The largest absolute Gasteiger partial charge is 0.462 e. The van der Waals surface area contributed by atoms with E-state index in [0.717, 1.165) is 31.3 Å². The molecule has 0 unspecified atom stereocenters. The summed E-state index contributed by atoms with van der Waals surface area (Å²) in [5, 5.41) is 15.1. The first-order valence-corrected chi connectivity index (χ1v) is 19.5. The van der Waals surface area contributed by atoms with Gasteiger partial charge >= 0.3 is 17.9 Å². The number of guanidine groups is 2. The Kier molecular flexibility index (Phi) is 11.2. The second-order valence-corrected chi connectivity index (χ2v) is 15.9. The molecule has 2 fully saturated rings. The van der Waals surface area contributed by atoms with Gasteiger partial charge in [0.05, 0.1) is 54.4 Å². The fourth-order valence-corrected chi connectivity index (χ4v) is 9.94. The zero-order chi connectivity index (χ0) is 31.3. The van der Waals surface area contributed by atoms with E-state index in [4.69, 9.17) is 4.74 Å². The van der Waals surface area contributed by atoms with Crippen molar-refractivity contribution in [3.63, 3.8) is 0 Å². The molecule has 8 heteroatoms. The van der Waals surface area contributed by atoms with Gasteiger partial charge in [-0.05, 0) is 72.1 Å². The van der Waals surface area contributed by atoms with E-state index < -0.39 is 0 Å². The van der Waals surface area contributed by atoms with E-state index in [-0.39, 0.29) is 30.1 Å². The number of unbranched alkanes of at least 4 members (excludes halogenated alkanes) is 8. The molecular weight excluding hydrogens is 560 g/mol. The highest BCUT2D eigenvalue weighted by atomic mass is 16.5. The third-order valence-corrected chi connectivity index (χ3v) is 12.2. The fraction of sp³-hybridized carbons (Fsp3) is 0.919. The average molecular weight is 627 g/mol. The minimum Gasteiger partial charge on any atom is -0.462 e. The Balaban J connectivity index is 0.898. The zero-order valence-corrected chi connectivity index (χ0v) is 29.1. The van der Waals surface area contributed by atoms with Gasteiger partial charge in [0.15, 0.2) is 0 Å². The van der Waals surface area contributed by atoms with Crippen LogP contribution >= 0.6 is 0 Å². The van der Waals surface area contributed by atoms with Crippen molar-refractivity contribution < 1.29 is 18.7 Å². The number of esters is 1. The first kappa shape index (κ1) is 32.9. The van der Waals surface area contributed by atoms with Crippen molar-refractivity contribution >= 4 is 17.9 Å². The quantitative estimate of drug-likeness (QED) is 0.103. The Hall–Kier alpha value is -1.99. The molecule has 4 N–H and O–H groups in total. The number of carbonyl (C=O) groups excluding carboxylic acids is 1. The van der Waals surface area contributed by atoms with Crippen LogP contribution < -0.4 is 21.3 Å². The number of carbonyl (C=O) groups is 1. The number of rotatable bonds is 16. The molecule has 10 atom stereocenters. The highest BCUT2D eigenvalue weighted by Crippen LogP contribution is 2.36. The molecule has 0 aromatic rings. The van der Waals surface area contributed by atoms with Gasteiger partial charge in [-0.3, -0.25) is 35.2 Å². The molecule has 0 amide bonds. The van der Waals surface area contributed by atoms with Crippen molar-refractivity contribution in [2.24, 2.45) is 5.92 Å². The molecule has 0 aliphatic carbocycles. The Morgan fingerprint density at radius 2 is 1.31 bits per heavy atom. The second-order valence-electron chi connectivity index (χ2n) is 15.9. The van der Waals surface area contributed by atoms with Gasteiger partial charge < -0.3 is 4.74 Å². The molecule has 45 heavy (non-hydrogen) atoms. The summed E-state index contributed by atoms with van der Waals surface area (Å²) in [6.07, 6.45) is 25.4. The highest BCUT2D eigenvalue weighted by Gasteiger charge is 2.53. The van der Waals surface area contributed by atoms with Crippen LogP contribution in [0.5, 0.6) is 0 Å². The summed E-state index contributed by atoms with van der Waals surface area (Å²) >= 11 is 0. The minimum atomic E-state index is -0.0941.